The van der Waals surface area contributed by atoms with Crippen LogP contribution in [0, 0.1) is 0 Å². The summed E-state index contributed by atoms with van der Waals surface area (Å²) in [6.45, 7) is 0. The summed E-state index contributed by atoms with van der Waals surface area (Å²) in [5, 5.41) is 0. The van der Waals surface area contributed by atoms with Gasteiger partial charge < -0.3 is 25.7 Å². The summed E-state index contributed by atoms with van der Waals surface area (Å²) in [5.41, 5.74) is 5.97. The summed E-state index contributed by atoms with van der Waals surface area (Å²) < 4.78 is 32.5. The van der Waals surface area contributed by atoms with Gasteiger partial charge in [-0.2, -0.15) is 0 Å². The smallest absolute Gasteiger partial charge is 0.481 e. The van der Waals surface area contributed by atoms with Crippen LogP contribution in [0.1, 0.15) is 0 Å². The normalized spacial score (nSPS) is 9.95. The summed E-state index contributed by atoms with van der Waals surface area (Å²) >= 11 is 0. The van der Waals surface area contributed by atoms with Gasteiger partial charge in [0, 0.05) is 12.0 Å². The molecule has 8 nitrogen and oxygen atoms in total. The first kappa shape index (κ1) is 19.6. The summed E-state index contributed by atoms with van der Waals surface area (Å²) in [4.78, 5) is 7.56. The molecule has 0 aliphatic rings. The van der Waals surface area contributed by atoms with E-state index in [1.807, 2.05) is 0 Å². The van der Waals surface area contributed by atoms with E-state index in [1.165, 1.54) is 43.8 Å². The van der Waals surface area contributed by atoms with E-state index in [4.69, 9.17) is 10.5 Å². The minimum Gasteiger partial charge on any atom is -0.481 e. The number of sulfonamides is 1. The molecule has 1 aromatic heterocycles. The molecule has 2 rings (SSSR count). The van der Waals surface area contributed by atoms with Crippen LogP contribution in [0.5, 0.6) is 5.88 Å². The molecule has 10 heteroatoms. The third-order valence-corrected chi connectivity index (χ3v) is 3.52. The van der Waals surface area contributed by atoms with Gasteiger partial charge in [-0.15, -0.1) is 0 Å². The van der Waals surface area contributed by atoms with Crippen molar-refractivity contribution in [1.82, 2.24) is 9.97 Å². The number of hydrogen-bond acceptors (Lipinski definition) is 6. The average Bonchev–Trinajstić information content (AvgIpc) is 2.39. The molecule has 1 heterocycles. The van der Waals surface area contributed by atoms with Crippen molar-refractivity contribution in [3.63, 3.8) is 0 Å². The number of benzene rings is 1. The first-order chi connectivity index (χ1) is 9.01. The Kier molecular flexibility index (Phi) is 7.61. The summed E-state index contributed by atoms with van der Waals surface area (Å²) in [6, 6.07) is 7.07. The topological polar surface area (TPSA) is 141 Å². The minimum atomic E-state index is -3.83. The second kappa shape index (κ2) is 8.15. The Hall–Kier alpha value is -1.39. The Balaban J connectivity index is 0.00000200. The summed E-state index contributed by atoms with van der Waals surface area (Å²) in [5.74, 6) is 0.241. The van der Waals surface area contributed by atoms with Gasteiger partial charge in [0.15, 0.2) is 0 Å². The number of ether oxygens (including phenoxy) is 1. The van der Waals surface area contributed by atoms with Gasteiger partial charge in [-0.3, -0.25) is 0 Å². The molecule has 21 heavy (non-hydrogen) atoms. The van der Waals surface area contributed by atoms with Crippen molar-refractivity contribution in [2.24, 2.45) is 0 Å². The van der Waals surface area contributed by atoms with E-state index in [2.05, 4.69) is 14.7 Å². The van der Waals surface area contributed by atoms with Crippen molar-refractivity contribution in [2.45, 2.75) is 4.90 Å². The minimum absolute atomic E-state index is 0. The number of nitrogen functional groups attached to an aromatic ring is 1. The van der Waals surface area contributed by atoms with Gasteiger partial charge in [-0.1, -0.05) is 0 Å². The van der Waals surface area contributed by atoms with Crippen LogP contribution in [0.4, 0.5) is 11.5 Å². The fourth-order valence-corrected chi connectivity index (χ4v) is 2.24. The first-order valence-electron chi connectivity index (χ1n) is 5.21. The molecule has 0 bridgehead atoms. The van der Waals surface area contributed by atoms with E-state index >= 15 is 0 Å². The molecule has 0 unspecified atom stereocenters. The number of anilines is 1. The van der Waals surface area contributed by atoms with E-state index in [-0.39, 0.29) is 51.6 Å². The van der Waals surface area contributed by atoms with Gasteiger partial charge in [0.1, 0.15) is 0 Å². The number of rotatable bonds is 4. The second-order valence-corrected chi connectivity index (χ2v) is 5.16. The number of aromatic nitrogens is 2. The Morgan fingerprint density at radius 3 is 2.38 bits per heavy atom. The van der Waals surface area contributed by atoms with Crippen LogP contribution in [-0.2, 0) is 10.0 Å². The molecule has 0 spiro atoms. The van der Waals surface area contributed by atoms with Crippen molar-refractivity contribution in [2.75, 3.05) is 12.8 Å². The van der Waals surface area contributed by atoms with Crippen molar-refractivity contribution in [3.05, 3.63) is 41.4 Å². The van der Waals surface area contributed by atoms with E-state index in [9.17, 15) is 8.42 Å². The maximum Gasteiger partial charge on any atom is 1.00 e. The van der Waals surface area contributed by atoms with Gasteiger partial charge in [0.25, 0.3) is 0 Å². The SMILES string of the molecule is COc1cc([N-]S(=O)(=O)c2ccc(N)cc2)ncn1.O.[Na+]. The monoisotopic (exact) mass is 320 g/mol. The van der Waals surface area contributed by atoms with Crippen molar-refractivity contribution in [3.8, 4) is 5.88 Å². The average molecular weight is 320 g/mol. The van der Waals surface area contributed by atoms with Crippen LogP contribution in [0.3, 0.4) is 0 Å². The molecule has 0 radical (unpaired) electrons. The molecule has 0 aliphatic heterocycles. The van der Waals surface area contributed by atoms with Gasteiger partial charge in [-0.05, 0) is 36.1 Å². The molecule has 0 amide bonds. The standard InChI is InChI=1S/C11H11N4O3S.Na.H2O/c1-18-11-6-10(13-7-14-11)15-19(16,17)9-4-2-8(12)3-5-9;;/h2-7H,12H2,1H3;;1H2/q-1;+1;. The van der Waals surface area contributed by atoms with Crippen molar-refractivity contribution >= 4 is 21.5 Å². The third-order valence-electron chi connectivity index (χ3n) is 2.23. The van der Waals surface area contributed by atoms with Crippen LogP contribution in [0.25, 0.3) is 4.72 Å². The molecule has 0 fully saturated rings. The third kappa shape index (κ3) is 5.14. The van der Waals surface area contributed by atoms with Crippen LogP contribution in [0.2, 0.25) is 0 Å². The fraction of sp³-hybridized carbons (Fsp3) is 0.0909. The van der Waals surface area contributed by atoms with E-state index in [0.717, 1.165) is 0 Å². The fourth-order valence-electron chi connectivity index (χ4n) is 1.31. The molecule has 0 saturated heterocycles. The van der Waals surface area contributed by atoms with Gasteiger partial charge in [0.2, 0.25) is 15.9 Å². The molecule has 4 N–H and O–H groups in total. The molecule has 0 aliphatic carbocycles. The predicted molar refractivity (Wildman–Crippen MR) is 73.3 cm³/mol. The van der Waals surface area contributed by atoms with Crippen molar-refractivity contribution in [1.29, 1.82) is 0 Å². The number of nitrogens with zero attached hydrogens (tertiary/aromatic N) is 3. The van der Waals surface area contributed by atoms with Gasteiger partial charge in [-0.25, -0.2) is 13.4 Å². The number of methoxy groups -OCH3 is 1. The Labute approximate surface area is 144 Å². The van der Waals surface area contributed by atoms with E-state index < -0.39 is 10.0 Å². The zero-order valence-electron chi connectivity index (χ0n) is 11.5. The second-order valence-electron chi connectivity index (χ2n) is 3.55. The largest absolute Gasteiger partial charge is 1.00 e. The van der Waals surface area contributed by atoms with Gasteiger partial charge in [0.05, 0.1) is 12.0 Å². The van der Waals surface area contributed by atoms with Crippen LogP contribution in [-0.4, -0.2) is 31.0 Å². The maximum atomic E-state index is 12.0. The Morgan fingerprint density at radius 1 is 1.19 bits per heavy atom. The van der Waals surface area contributed by atoms with E-state index in [1.54, 1.807) is 0 Å². The number of nitrogens with two attached hydrogens (primary N) is 1. The molecular formula is C11H13N4NaO4S. The molecule has 2 aromatic rings. The van der Waals surface area contributed by atoms with E-state index in [0.29, 0.717) is 5.69 Å². The number of hydrogen-bond donors (Lipinski definition) is 1. The summed E-state index contributed by atoms with van der Waals surface area (Å²) in [6.07, 6.45) is 1.18. The zero-order valence-corrected chi connectivity index (χ0v) is 14.3. The summed E-state index contributed by atoms with van der Waals surface area (Å²) in [7, 11) is -2.41. The van der Waals surface area contributed by atoms with Crippen LogP contribution < -0.4 is 40.0 Å². The Morgan fingerprint density at radius 2 is 1.81 bits per heavy atom. The molecule has 0 saturated carbocycles. The molecular weight excluding hydrogens is 307 g/mol. The van der Waals surface area contributed by atoms with Gasteiger partial charge >= 0.3 is 29.6 Å². The van der Waals surface area contributed by atoms with Crippen LogP contribution >= 0.6 is 0 Å². The van der Waals surface area contributed by atoms with Crippen LogP contribution in [0.15, 0.2) is 41.6 Å². The predicted octanol–water partition coefficient (Wildman–Crippen LogP) is -2.36. The Bertz CT molecular complexity index is 679. The molecule has 0 atom stereocenters. The van der Waals surface area contributed by atoms with Crippen molar-refractivity contribution < 1.29 is 48.2 Å². The molecule has 1 aromatic carbocycles. The zero-order chi connectivity index (χ0) is 13.9. The molecule has 108 valence electrons. The first-order valence-corrected chi connectivity index (χ1v) is 6.65. The quantitative estimate of drug-likeness (QED) is 0.493. The maximum absolute atomic E-state index is 12.0.